The molecule has 0 spiro atoms. The van der Waals surface area contributed by atoms with Crippen LogP contribution in [0.15, 0.2) is 59.6 Å². The first-order valence-corrected chi connectivity index (χ1v) is 6.55. The van der Waals surface area contributed by atoms with Crippen LogP contribution in [0.4, 0.5) is 0 Å². The fourth-order valence-corrected chi connectivity index (χ4v) is 2.06. The summed E-state index contributed by atoms with van der Waals surface area (Å²) < 4.78 is 0. The standard InChI is InChI=1S/C17H17N3/c1-13(20-14(2)19-12-18)15-8-10-17(11-9-15)16-6-4-3-5-7-16/h3-11,13H,1-2H3,(H,19,20)/t13-/m1/s1. The topological polar surface area (TPSA) is 48.2 Å². The summed E-state index contributed by atoms with van der Waals surface area (Å²) in [6.45, 7) is 3.80. The number of nitrogens with zero attached hydrogens (tertiary/aromatic N) is 2. The largest absolute Gasteiger partial charge is 0.281 e. The first-order valence-electron chi connectivity index (χ1n) is 6.55. The van der Waals surface area contributed by atoms with Gasteiger partial charge in [0.05, 0.1) is 6.04 Å². The van der Waals surface area contributed by atoms with Gasteiger partial charge in [-0.1, -0.05) is 54.6 Å². The molecule has 2 aromatic rings. The molecule has 1 N–H and O–H groups in total. The van der Waals surface area contributed by atoms with Crippen molar-refractivity contribution in [3.63, 3.8) is 0 Å². The summed E-state index contributed by atoms with van der Waals surface area (Å²) in [6.07, 6.45) is 1.87. The lowest BCUT2D eigenvalue weighted by molar-refractivity contribution is 0.812. The summed E-state index contributed by atoms with van der Waals surface area (Å²) in [5, 5.41) is 11.1. The van der Waals surface area contributed by atoms with E-state index in [1.54, 1.807) is 6.92 Å². The van der Waals surface area contributed by atoms with E-state index < -0.39 is 0 Å². The van der Waals surface area contributed by atoms with Crippen LogP contribution in [0.3, 0.4) is 0 Å². The van der Waals surface area contributed by atoms with Gasteiger partial charge in [0.25, 0.3) is 0 Å². The van der Waals surface area contributed by atoms with Gasteiger partial charge in [0, 0.05) is 0 Å². The maximum absolute atomic E-state index is 8.54. The van der Waals surface area contributed by atoms with Crippen LogP contribution in [-0.2, 0) is 0 Å². The molecular weight excluding hydrogens is 246 g/mol. The molecule has 0 saturated heterocycles. The minimum absolute atomic E-state index is 0.0284. The molecule has 3 nitrogen and oxygen atoms in total. The van der Waals surface area contributed by atoms with Crippen LogP contribution in [0.2, 0.25) is 0 Å². The third-order valence-electron chi connectivity index (χ3n) is 3.12. The highest BCUT2D eigenvalue weighted by atomic mass is 15.0. The van der Waals surface area contributed by atoms with E-state index >= 15 is 0 Å². The minimum atomic E-state index is 0.0284. The third kappa shape index (κ3) is 3.46. The van der Waals surface area contributed by atoms with E-state index in [2.05, 4.69) is 46.7 Å². The molecule has 3 heteroatoms. The van der Waals surface area contributed by atoms with Crippen molar-refractivity contribution in [3.05, 3.63) is 60.2 Å². The number of rotatable bonds is 3. The van der Waals surface area contributed by atoms with Crippen LogP contribution >= 0.6 is 0 Å². The molecule has 1 atom stereocenters. The van der Waals surface area contributed by atoms with Gasteiger partial charge in [0.15, 0.2) is 6.19 Å². The summed E-state index contributed by atoms with van der Waals surface area (Å²) in [5.41, 5.74) is 3.53. The van der Waals surface area contributed by atoms with Gasteiger partial charge < -0.3 is 0 Å². The fraction of sp³-hybridized carbons (Fsp3) is 0.176. The zero-order valence-corrected chi connectivity index (χ0v) is 11.7. The molecule has 0 radical (unpaired) electrons. The van der Waals surface area contributed by atoms with Crippen LogP contribution < -0.4 is 5.32 Å². The van der Waals surface area contributed by atoms with E-state index in [-0.39, 0.29) is 6.04 Å². The highest BCUT2D eigenvalue weighted by Crippen LogP contribution is 2.23. The van der Waals surface area contributed by atoms with E-state index in [1.165, 1.54) is 11.1 Å². The Morgan fingerprint density at radius 3 is 2.25 bits per heavy atom. The van der Waals surface area contributed by atoms with Crippen molar-refractivity contribution >= 4 is 5.84 Å². The van der Waals surface area contributed by atoms with Crippen molar-refractivity contribution in [2.75, 3.05) is 0 Å². The quantitative estimate of drug-likeness (QED) is 0.395. The number of hydrogen-bond acceptors (Lipinski definition) is 2. The molecule has 20 heavy (non-hydrogen) atoms. The van der Waals surface area contributed by atoms with Gasteiger partial charge in [-0.15, -0.1) is 0 Å². The maximum atomic E-state index is 8.54. The smallest absolute Gasteiger partial charge is 0.182 e. The molecule has 0 aliphatic heterocycles. The predicted molar refractivity (Wildman–Crippen MR) is 82.2 cm³/mol. The molecule has 0 saturated carbocycles. The molecule has 0 aliphatic carbocycles. The van der Waals surface area contributed by atoms with Gasteiger partial charge in [-0.3, -0.25) is 10.3 Å². The number of amidine groups is 1. The Bertz CT molecular complexity index is 622. The summed E-state index contributed by atoms with van der Waals surface area (Å²) in [7, 11) is 0. The van der Waals surface area contributed by atoms with Crippen molar-refractivity contribution in [3.8, 4) is 17.3 Å². The SMILES string of the molecule is CC(=N[C@H](C)c1ccc(-c2ccccc2)cc1)NC#N. The van der Waals surface area contributed by atoms with E-state index in [1.807, 2.05) is 31.3 Å². The number of nitrogens with one attached hydrogen (secondary N) is 1. The molecule has 0 heterocycles. The average Bonchev–Trinajstić information content (AvgIpc) is 2.48. The second-order valence-electron chi connectivity index (χ2n) is 4.62. The summed E-state index contributed by atoms with van der Waals surface area (Å²) in [5.74, 6) is 0.632. The Hall–Kier alpha value is -2.60. The second-order valence-corrected chi connectivity index (χ2v) is 4.62. The first-order chi connectivity index (χ1) is 9.70. The summed E-state index contributed by atoms with van der Waals surface area (Å²) in [6, 6.07) is 18.7. The van der Waals surface area contributed by atoms with Crippen molar-refractivity contribution < 1.29 is 0 Å². The van der Waals surface area contributed by atoms with Gasteiger partial charge in [-0.25, -0.2) is 0 Å². The van der Waals surface area contributed by atoms with Gasteiger partial charge in [0.1, 0.15) is 5.84 Å². The van der Waals surface area contributed by atoms with Gasteiger partial charge in [-0.05, 0) is 30.5 Å². The Morgan fingerprint density at radius 1 is 1.05 bits per heavy atom. The van der Waals surface area contributed by atoms with Crippen LogP contribution in [0.25, 0.3) is 11.1 Å². The lowest BCUT2D eigenvalue weighted by Gasteiger charge is -2.09. The monoisotopic (exact) mass is 263 g/mol. The molecule has 2 aromatic carbocycles. The Kier molecular flexibility index (Phi) is 4.52. The predicted octanol–water partition coefficient (Wildman–Crippen LogP) is 3.90. The van der Waals surface area contributed by atoms with Crippen molar-refractivity contribution in [1.29, 1.82) is 5.26 Å². The van der Waals surface area contributed by atoms with E-state index in [9.17, 15) is 0 Å². The number of benzene rings is 2. The third-order valence-corrected chi connectivity index (χ3v) is 3.12. The van der Waals surface area contributed by atoms with E-state index in [4.69, 9.17) is 5.26 Å². The number of nitriles is 1. The van der Waals surface area contributed by atoms with Crippen molar-refractivity contribution in [2.45, 2.75) is 19.9 Å². The fourth-order valence-electron chi connectivity index (χ4n) is 2.06. The second kappa shape index (κ2) is 6.53. The molecule has 0 aliphatic rings. The van der Waals surface area contributed by atoms with E-state index in [0.717, 1.165) is 5.56 Å². The maximum Gasteiger partial charge on any atom is 0.182 e. The molecule has 0 aromatic heterocycles. The molecule has 100 valence electrons. The van der Waals surface area contributed by atoms with Crippen LogP contribution in [0, 0.1) is 11.5 Å². The normalized spacial score (nSPS) is 12.6. The van der Waals surface area contributed by atoms with Gasteiger partial charge in [0.2, 0.25) is 0 Å². The molecule has 0 amide bonds. The Morgan fingerprint density at radius 2 is 1.65 bits per heavy atom. The zero-order chi connectivity index (χ0) is 14.4. The van der Waals surface area contributed by atoms with Crippen molar-refractivity contribution in [2.24, 2.45) is 4.99 Å². The number of aliphatic imine (C=N–C) groups is 1. The minimum Gasteiger partial charge on any atom is -0.281 e. The number of hydrogen-bond donors (Lipinski definition) is 1. The summed E-state index contributed by atoms with van der Waals surface area (Å²) >= 11 is 0. The lowest BCUT2D eigenvalue weighted by atomic mass is 10.0. The molecule has 0 unspecified atom stereocenters. The summed E-state index contributed by atoms with van der Waals surface area (Å²) in [4.78, 5) is 4.42. The Labute approximate surface area is 119 Å². The van der Waals surface area contributed by atoms with Crippen LogP contribution in [0.1, 0.15) is 25.5 Å². The highest BCUT2D eigenvalue weighted by Gasteiger charge is 2.04. The van der Waals surface area contributed by atoms with Gasteiger partial charge in [-0.2, -0.15) is 5.26 Å². The van der Waals surface area contributed by atoms with Crippen LogP contribution in [-0.4, -0.2) is 5.84 Å². The van der Waals surface area contributed by atoms with Gasteiger partial charge >= 0.3 is 0 Å². The highest BCUT2D eigenvalue weighted by molar-refractivity contribution is 5.81. The molecular formula is C17H17N3. The Balaban J connectivity index is 2.17. The average molecular weight is 263 g/mol. The molecule has 0 fully saturated rings. The first kappa shape index (κ1) is 13.8. The van der Waals surface area contributed by atoms with Crippen molar-refractivity contribution in [1.82, 2.24) is 5.32 Å². The van der Waals surface area contributed by atoms with Crippen LogP contribution in [0.5, 0.6) is 0 Å². The zero-order valence-electron chi connectivity index (χ0n) is 11.7. The molecule has 2 rings (SSSR count). The van der Waals surface area contributed by atoms with E-state index in [0.29, 0.717) is 5.84 Å². The lowest BCUT2D eigenvalue weighted by Crippen LogP contribution is -2.14. The molecule has 0 bridgehead atoms.